The van der Waals surface area contributed by atoms with Crippen LogP contribution in [0.25, 0.3) is 0 Å². The van der Waals surface area contributed by atoms with Crippen molar-refractivity contribution in [2.24, 2.45) is 5.73 Å². The molecule has 2 aromatic rings. The second-order valence-corrected chi connectivity index (χ2v) is 4.90. The Balaban J connectivity index is 2.09. The number of hydrogen-bond acceptors (Lipinski definition) is 2. The highest BCUT2D eigenvalue weighted by atomic mass is 19.1. The van der Waals surface area contributed by atoms with E-state index in [9.17, 15) is 13.6 Å². The average Bonchev–Trinajstić information content (AvgIpc) is 2.43. The van der Waals surface area contributed by atoms with E-state index in [0.29, 0.717) is 17.7 Å². The number of rotatable bonds is 5. The number of benzene rings is 2. The SMILES string of the molecule is CC(Cc1ccccc1F)Nc1ccc(F)c(C(N)=O)c1. The summed E-state index contributed by atoms with van der Waals surface area (Å²) in [6, 6.07) is 10.5. The molecular weight excluding hydrogens is 274 g/mol. The summed E-state index contributed by atoms with van der Waals surface area (Å²) in [6.45, 7) is 1.87. The molecule has 0 fully saturated rings. The van der Waals surface area contributed by atoms with Gasteiger partial charge in [0.05, 0.1) is 5.56 Å². The van der Waals surface area contributed by atoms with Crippen LogP contribution in [0.4, 0.5) is 14.5 Å². The Morgan fingerprint density at radius 3 is 2.57 bits per heavy atom. The zero-order valence-corrected chi connectivity index (χ0v) is 11.6. The maximum atomic E-state index is 13.6. The van der Waals surface area contributed by atoms with E-state index in [1.165, 1.54) is 24.3 Å². The quantitative estimate of drug-likeness (QED) is 0.889. The summed E-state index contributed by atoms with van der Waals surface area (Å²) in [5.74, 6) is -1.74. The number of carbonyl (C=O) groups excluding carboxylic acids is 1. The smallest absolute Gasteiger partial charge is 0.251 e. The summed E-state index contributed by atoms with van der Waals surface area (Å²) in [4.78, 5) is 11.1. The van der Waals surface area contributed by atoms with E-state index in [2.05, 4.69) is 5.32 Å². The number of nitrogens with one attached hydrogen (secondary N) is 1. The summed E-state index contributed by atoms with van der Waals surface area (Å²) in [5.41, 5.74) is 6.09. The molecule has 2 aromatic carbocycles. The molecule has 2 rings (SSSR count). The Kier molecular flexibility index (Phi) is 4.52. The van der Waals surface area contributed by atoms with Gasteiger partial charge in [-0.1, -0.05) is 18.2 Å². The zero-order valence-electron chi connectivity index (χ0n) is 11.6. The van der Waals surface area contributed by atoms with Gasteiger partial charge in [0.1, 0.15) is 11.6 Å². The third-order valence-electron chi connectivity index (χ3n) is 3.13. The molecule has 0 aliphatic carbocycles. The molecule has 0 saturated carbocycles. The molecule has 3 nitrogen and oxygen atoms in total. The van der Waals surface area contributed by atoms with Crippen LogP contribution in [0.1, 0.15) is 22.8 Å². The minimum absolute atomic E-state index is 0.0897. The molecule has 110 valence electrons. The molecule has 0 aromatic heterocycles. The molecular formula is C16H16F2N2O. The lowest BCUT2D eigenvalue weighted by Crippen LogP contribution is -2.20. The van der Waals surface area contributed by atoms with Crippen molar-refractivity contribution in [2.75, 3.05) is 5.32 Å². The Morgan fingerprint density at radius 2 is 1.90 bits per heavy atom. The monoisotopic (exact) mass is 290 g/mol. The second-order valence-electron chi connectivity index (χ2n) is 4.90. The molecule has 21 heavy (non-hydrogen) atoms. The van der Waals surface area contributed by atoms with Crippen molar-refractivity contribution < 1.29 is 13.6 Å². The van der Waals surface area contributed by atoms with Crippen molar-refractivity contribution in [1.29, 1.82) is 0 Å². The van der Waals surface area contributed by atoms with Crippen LogP contribution in [0.2, 0.25) is 0 Å². The number of primary amides is 1. The molecule has 0 spiro atoms. The summed E-state index contributed by atoms with van der Waals surface area (Å²) in [5, 5.41) is 3.10. The van der Waals surface area contributed by atoms with E-state index >= 15 is 0 Å². The van der Waals surface area contributed by atoms with Gasteiger partial charge in [0.15, 0.2) is 0 Å². The molecule has 0 radical (unpaired) electrons. The van der Waals surface area contributed by atoms with Crippen molar-refractivity contribution in [3.05, 3.63) is 65.2 Å². The Bertz CT molecular complexity index is 658. The molecule has 0 aliphatic heterocycles. The lowest BCUT2D eigenvalue weighted by Gasteiger charge is -2.16. The maximum Gasteiger partial charge on any atom is 0.251 e. The predicted octanol–water partition coefficient (Wildman–Crippen LogP) is 3.11. The van der Waals surface area contributed by atoms with E-state index in [1.54, 1.807) is 18.2 Å². The third-order valence-corrected chi connectivity index (χ3v) is 3.13. The average molecular weight is 290 g/mol. The van der Waals surface area contributed by atoms with E-state index in [1.807, 2.05) is 6.92 Å². The van der Waals surface area contributed by atoms with Crippen molar-refractivity contribution in [3.8, 4) is 0 Å². The van der Waals surface area contributed by atoms with Gasteiger partial charge in [-0.3, -0.25) is 4.79 Å². The Hall–Kier alpha value is -2.43. The Labute approximate surface area is 121 Å². The van der Waals surface area contributed by atoms with E-state index in [0.717, 1.165) is 0 Å². The van der Waals surface area contributed by atoms with E-state index in [-0.39, 0.29) is 17.4 Å². The molecule has 0 saturated heterocycles. The topological polar surface area (TPSA) is 55.1 Å². The first-order chi connectivity index (χ1) is 9.97. The Morgan fingerprint density at radius 1 is 1.19 bits per heavy atom. The van der Waals surface area contributed by atoms with Crippen molar-refractivity contribution in [3.63, 3.8) is 0 Å². The fraction of sp³-hybridized carbons (Fsp3) is 0.188. The van der Waals surface area contributed by atoms with Gasteiger partial charge in [-0.05, 0) is 43.2 Å². The molecule has 0 aliphatic rings. The number of halogens is 2. The van der Waals surface area contributed by atoms with E-state index in [4.69, 9.17) is 5.73 Å². The van der Waals surface area contributed by atoms with Crippen molar-refractivity contribution in [1.82, 2.24) is 0 Å². The number of carbonyl (C=O) groups is 1. The van der Waals surface area contributed by atoms with Crippen LogP contribution < -0.4 is 11.1 Å². The van der Waals surface area contributed by atoms with Gasteiger partial charge in [0.2, 0.25) is 0 Å². The largest absolute Gasteiger partial charge is 0.382 e. The number of amides is 1. The highest BCUT2D eigenvalue weighted by Gasteiger charge is 2.11. The maximum absolute atomic E-state index is 13.6. The zero-order chi connectivity index (χ0) is 15.4. The van der Waals surface area contributed by atoms with Crippen LogP contribution in [-0.4, -0.2) is 11.9 Å². The van der Waals surface area contributed by atoms with Crippen LogP contribution in [0.5, 0.6) is 0 Å². The fourth-order valence-corrected chi connectivity index (χ4v) is 2.13. The minimum atomic E-state index is -0.821. The first-order valence-electron chi connectivity index (χ1n) is 6.56. The molecule has 0 bridgehead atoms. The molecule has 3 N–H and O–H groups in total. The van der Waals surface area contributed by atoms with Crippen LogP contribution in [0.3, 0.4) is 0 Å². The first kappa shape index (κ1) is 15.0. The summed E-state index contributed by atoms with van der Waals surface area (Å²) in [6.07, 6.45) is 0.468. The van der Waals surface area contributed by atoms with Crippen molar-refractivity contribution >= 4 is 11.6 Å². The first-order valence-corrected chi connectivity index (χ1v) is 6.56. The lowest BCUT2D eigenvalue weighted by atomic mass is 10.1. The van der Waals surface area contributed by atoms with Gasteiger partial charge >= 0.3 is 0 Å². The summed E-state index contributed by atoms with van der Waals surface area (Å²) in [7, 11) is 0. The summed E-state index contributed by atoms with van der Waals surface area (Å²) < 4.78 is 27.0. The molecule has 5 heteroatoms. The van der Waals surface area contributed by atoms with Gasteiger partial charge in [0.25, 0.3) is 5.91 Å². The number of anilines is 1. The summed E-state index contributed by atoms with van der Waals surface area (Å²) >= 11 is 0. The van der Waals surface area contributed by atoms with Gasteiger partial charge in [0, 0.05) is 11.7 Å². The number of nitrogens with two attached hydrogens (primary N) is 1. The molecule has 1 unspecified atom stereocenters. The molecule has 1 atom stereocenters. The normalized spacial score (nSPS) is 12.0. The van der Waals surface area contributed by atoms with Crippen molar-refractivity contribution in [2.45, 2.75) is 19.4 Å². The minimum Gasteiger partial charge on any atom is -0.382 e. The standard InChI is InChI=1S/C16H16F2N2O/c1-10(8-11-4-2-3-5-14(11)17)20-12-6-7-15(18)13(9-12)16(19)21/h2-7,9-10,20H,8H2,1H3,(H2,19,21). The molecule has 0 heterocycles. The van der Waals surface area contributed by atoms with Gasteiger partial charge in [-0.2, -0.15) is 0 Å². The fourth-order valence-electron chi connectivity index (χ4n) is 2.13. The van der Waals surface area contributed by atoms with Crippen LogP contribution >= 0.6 is 0 Å². The van der Waals surface area contributed by atoms with Gasteiger partial charge in [-0.15, -0.1) is 0 Å². The lowest BCUT2D eigenvalue weighted by molar-refractivity contribution is 0.0996. The highest BCUT2D eigenvalue weighted by Crippen LogP contribution is 2.17. The third kappa shape index (κ3) is 3.78. The van der Waals surface area contributed by atoms with Crippen LogP contribution in [-0.2, 0) is 6.42 Å². The van der Waals surface area contributed by atoms with Gasteiger partial charge in [-0.25, -0.2) is 8.78 Å². The van der Waals surface area contributed by atoms with Crippen LogP contribution in [0, 0.1) is 11.6 Å². The second kappa shape index (κ2) is 6.35. The van der Waals surface area contributed by atoms with E-state index < -0.39 is 11.7 Å². The van der Waals surface area contributed by atoms with Gasteiger partial charge < -0.3 is 11.1 Å². The highest BCUT2D eigenvalue weighted by molar-refractivity contribution is 5.94. The number of hydrogen-bond donors (Lipinski definition) is 2. The van der Waals surface area contributed by atoms with Crippen LogP contribution in [0.15, 0.2) is 42.5 Å². The predicted molar refractivity (Wildman–Crippen MR) is 78.1 cm³/mol. The molecule has 1 amide bonds.